The number of benzene rings is 1. The Morgan fingerprint density at radius 3 is 2.47 bits per heavy atom. The number of aliphatic imine (C=N–C) groups is 1. The van der Waals surface area contributed by atoms with Gasteiger partial charge in [-0.05, 0) is 56.1 Å². The maximum atomic E-state index is 8.66. The van der Waals surface area contributed by atoms with Crippen LogP contribution in [0.2, 0.25) is 0 Å². The minimum Gasteiger partial charge on any atom is -0.447 e. The lowest BCUT2D eigenvalue weighted by Gasteiger charge is -1.92. The Labute approximate surface area is 115 Å². The van der Waals surface area contributed by atoms with E-state index in [1.165, 1.54) is 0 Å². The molecule has 5 heteroatoms. The highest BCUT2D eigenvalue weighted by Gasteiger charge is 2.03. The van der Waals surface area contributed by atoms with Crippen molar-refractivity contribution in [1.29, 1.82) is 5.26 Å². The molecule has 0 amide bonds. The molecule has 0 bridgehead atoms. The van der Waals surface area contributed by atoms with Crippen molar-refractivity contribution in [3.63, 3.8) is 0 Å². The molecule has 17 heavy (non-hydrogen) atoms. The molecule has 0 saturated carbocycles. The molecule has 0 aliphatic carbocycles. The summed E-state index contributed by atoms with van der Waals surface area (Å²) in [6.07, 6.45) is 1.62. The van der Waals surface area contributed by atoms with Crippen molar-refractivity contribution in [2.24, 2.45) is 4.99 Å². The molecule has 1 aromatic carbocycles. The summed E-state index contributed by atoms with van der Waals surface area (Å²) in [5, 5.41) is 8.66. The van der Waals surface area contributed by atoms with Gasteiger partial charge in [0.15, 0.2) is 4.67 Å². The molecular formula is C12H6Br2N2O. The van der Waals surface area contributed by atoms with Crippen LogP contribution in [0.15, 0.2) is 48.9 Å². The largest absolute Gasteiger partial charge is 0.447 e. The number of hydrogen-bond donors (Lipinski definition) is 0. The molecule has 2 aromatic rings. The van der Waals surface area contributed by atoms with Crippen LogP contribution < -0.4 is 0 Å². The molecule has 3 nitrogen and oxygen atoms in total. The van der Waals surface area contributed by atoms with Gasteiger partial charge in [0.05, 0.1) is 28.0 Å². The maximum Gasteiger partial charge on any atom is 0.184 e. The molecule has 0 spiro atoms. The average Bonchev–Trinajstić information content (AvgIpc) is 2.67. The van der Waals surface area contributed by atoms with Crippen molar-refractivity contribution in [3.05, 3.63) is 50.8 Å². The molecule has 1 aromatic heterocycles. The van der Waals surface area contributed by atoms with Crippen LogP contribution in [0.3, 0.4) is 0 Å². The van der Waals surface area contributed by atoms with Crippen LogP contribution in [0.4, 0.5) is 5.69 Å². The van der Waals surface area contributed by atoms with Crippen molar-refractivity contribution < 1.29 is 4.42 Å². The smallest absolute Gasteiger partial charge is 0.184 e. The van der Waals surface area contributed by atoms with Gasteiger partial charge in [0.25, 0.3) is 0 Å². The Bertz CT molecular complexity index is 574. The van der Waals surface area contributed by atoms with Crippen molar-refractivity contribution in [2.75, 3.05) is 0 Å². The molecule has 0 saturated heterocycles. The van der Waals surface area contributed by atoms with Gasteiger partial charge in [0, 0.05) is 6.07 Å². The minimum absolute atomic E-state index is 0.618. The Hall–Kier alpha value is -1.38. The summed E-state index contributed by atoms with van der Waals surface area (Å²) in [6.45, 7) is 0. The first-order chi connectivity index (χ1) is 8.19. The Balaban J connectivity index is 2.17. The van der Waals surface area contributed by atoms with Crippen LogP contribution >= 0.6 is 31.9 Å². The first kappa shape index (κ1) is 12.1. The Kier molecular flexibility index (Phi) is 3.77. The van der Waals surface area contributed by atoms with Crippen molar-refractivity contribution in [3.8, 4) is 6.07 Å². The molecule has 1 heterocycles. The normalized spacial score (nSPS) is 10.6. The van der Waals surface area contributed by atoms with Gasteiger partial charge in [-0.2, -0.15) is 5.26 Å². The van der Waals surface area contributed by atoms with Gasteiger partial charge in [-0.15, -0.1) is 0 Å². The van der Waals surface area contributed by atoms with E-state index in [4.69, 9.17) is 9.68 Å². The molecule has 0 N–H and O–H groups in total. The summed E-state index contributed by atoms with van der Waals surface area (Å²) in [7, 11) is 0. The van der Waals surface area contributed by atoms with Crippen LogP contribution in [0.1, 0.15) is 11.3 Å². The lowest BCUT2D eigenvalue weighted by Crippen LogP contribution is -1.75. The van der Waals surface area contributed by atoms with E-state index in [9.17, 15) is 0 Å². The van der Waals surface area contributed by atoms with E-state index in [-0.39, 0.29) is 0 Å². The third kappa shape index (κ3) is 3.05. The van der Waals surface area contributed by atoms with E-state index in [2.05, 4.69) is 42.9 Å². The average molecular weight is 354 g/mol. The summed E-state index contributed by atoms with van der Waals surface area (Å²) >= 11 is 6.57. The fraction of sp³-hybridized carbons (Fsp3) is 0. The van der Waals surface area contributed by atoms with E-state index in [0.29, 0.717) is 16.0 Å². The van der Waals surface area contributed by atoms with Crippen LogP contribution in [0.5, 0.6) is 0 Å². The zero-order valence-electron chi connectivity index (χ0n) is 8.52. The molecule has 84 valence electrons. The lowest BCUT2D eigenvalue weighted by molar-refractivity contribution is 0.533. The van der Waals surface area contributed by atoms with Crippen molar-refractivity contribution in [2.45, 2.75) is 0 Å². The molecule has 0 aliphatic heterocycles. The molecule has 2 rings (SSSR count). The zero-order chi connectivity index (χ0) is 12.3. The first-order valence-corrected chi connectivity index (χ1v) is 6.27. The summed E-state index contributed by atoms with van der Waals surface area (Å²) < 4.78 is 6.83. The minimum atomic E-state index is 0.618. The van der Waals surface area contributed by atoms with E-state index >= 15 is 0 Å². The standard InChI is InChI=1S/C12H6Br2N2O/c13-11-5-10(17-12(11)14)7-16-9-3-1-8(6-15)2-4-9/h1-5,7H. The molecule has 0 fully saturated rings. The number of nitrogens with zero attached hydrogens (tertiary/aromatic N) is 2. The maximum absolute atomic E-state index is 8.66. The number of furan rings is 1. The van der Waals surface area contributed by atoms with Crippen LogP contribution in [-0.4, -0.2) is 6.21 Å². The third-order valence-electron chi connectivity index (χ3n) is 2.00. The van der Waals surface area contributed by atoms with Crippen LogP contribution in [-0.2, 0) is 0 Å². The van der Waals surface area contributed by atoms with Gasteiger partial charge in [0.2, 0.25) is 0 Å². The predicted molar refractivity (Wildman–Crippen MR) is 72.5 cm³/mol. The predicted octanol–water partition coefficient (Wildman–Crippen LogP) is 4.43. The zero-order valence-corrected chi connectivity index (χ0v) is 11.7. The van der Waals surface area contributed by atoms with E-state index in [1.54, 1.807) is 30.5 Å². The van der Waals surface area contributed by atoms with Gasteiger partial charge in [0.1, 0.15) is 5.76 Å². The van der Waals surface area contributed by atoms with Gasteiger partial charge >= 0.3 is 0 Å². The second-order valence-electron chi connectivity index (χ2n) is 3.19. The van der Waals surface area contributed by atoms with Gasteiger partial charge in [-0.25, -0.2) is 0 Å². The summed E-state index contributed by atoms with van der Waals surface area (Å²) in [6, 6.07) is 10.9. The highest BCUT2D eigenvalue weighted by Crippen LogP contribution is 2.26. The van der Waals surface area contributed by atoms with E-state index < -0.39 is 0 Å². The lowest BCUT2D eigenvalue weighted by atomic mass is 10.2. The second kappa shape index (κ2) is 5.30. The molecule has 0 radical (unpaired) electrons. The summed E-state index contributed by atoms with van der Waals surface area (Å²) in [4.78, 5) is 4.24. The van der Waals surface area contributed by atoms with Gasteiger partial charge in [-0.1, -0.05) is 0 Å². The fourth-order valence-electron chi connectivity index (χ4n) is 1.19. The Morgan fingerprint density at radius 1 is 1.24 bits per heavy atom. The van der Waals surface area contributed by atoms with Crippen LogP contribution in [0.25, 0.3) is 0 Å². The van der Waals surface area contributed by atoms with Crippen molar-refractivity contribution >= 4 is 43.8 Å². The Morgan fingerprint density at radius 2 is 1.94 bits per heavy atom. The topological polar surface area (TPSA) is 49.3 Å². The summed E-state index contributed by atoms with van der Waals surface area (Å²) in [5.41, 5.74) is 1.39. The second-order valence-corrected chi connectivity index (χ2v) is 4.76. The molecule has 0 aliphatic rings. The first-order valence-electron chi connectivity index (χ1n) is 4.68. The molecular weight excluding hydrogens is 348 g/mol. The number of rotatable bonds is 2. The van der Waals surface area contributed by atoms with Crippen LogP contribution in [0, 0.1) is 11.3 Å². The highest BCUT2D eigenvalue weighted by molar-refractivity contribution is 9.13. The SMILES string of the molecule is N#Cc1ccc(N=Cc2cc(Br)c(Br)o2)cc1. The van der Waals surface area contributed by atoms with Crippen molar-refractivity contribution in [1.82, 2.24) is 0 Å². The monoisotopic (exact) mass is 352 g/mol. The highest BCUT2D eigenvalue weighted by atomic mass is 79.9. The number of nitriles is 1. The number of hydrogen-bond acceptors (Lipinski definition) is 3. The molecule has 0 unspecified atom stereocenters. The fourth-order valence-corrected chi connectivity index (χ4v) is 1.80. The van der Waals surface area contributed by atoms with Gasteiger partial charge in [-0.3, -0.25) is 4.99 Å². The summed E-state index contributed by atoms with van der Waals surface area (Å²) in [5.74, 6) is 0.646. The number of halogens is 2. The quantitative estimate of drug-likeness (QED) is 0.750. The molecule has 0 atom stereocenters. The van der Waals surface area contributed by atoms with E-state index in [0.717, 1.165) is 10.2 Å². The third-order valence-corrected chi connectivity index (χ3v) is 3.71. The van der Waals surface area contributed by atoms with Gasteiger partial charge < -0.3 is 4.42 Å². The van der Waals surface area contributed by atoms with E-state index in [1.807, 2.05) is 6.07 Å².